The number of nitrogens with one attached hydrogen (secondary N) is 2. The number of aromatic amines is 1. The Hall–Kier alpha value is -3.15. The van der Waals surface area contributed by atoms with Crippen molar-refractivity contribution in [3.63, 3.8) is 0 Å². The number of rotatable bonds is 3. The van der Waals surface area contributed by atoms with E-state index in [2.05, 4.69) is 20.6 Å². The predicted molar refractivity (Wildman–Crippen MR) is 88.0 cm³/mol. The summed E-state index contributed by atoms with van der Waals surface area (Å²) < 4.78 is 1.82. The average Bonchev–Trinajstić information content (AvgIpc) is 3.17. The Morgan fingerprint density at radius 1 is 1.26 bits per heavy atom. The highest BCUT2D eigenvalue weighted by atomic mass is 16.1. The number of fused-ring (bicyclic) bond motifs is 2. The van der Waals surface area contributed by atoms with Gasteiger partial charge >= 0.3 is 0 Å². The van der Waals surface area contributed by atoms with Crippen LogP contribution in [-0.2, 0) is 13.6 Å². The Morgan fingerprint density at radius 3 is 3.04 bits per heavy atom. The molecule has 0 fully saturated rings. The molecule has 0 spiro atoms. The van der Waals surface area contributed by atoms with Crippen LogP contribution in [0.5, 0.6) is 0 Å². The van der Waals surface area contributed by atoms with Gasteiger partial charge in [-0.3, -0.25) is 14.6 Å². The molecular weight excluding hydrogens is 290 g/mol. The van der Waals surface area contributed by atoms with Gasteiger partial charge in [-0.05, 0) is 17.7 Å². The van der Waals surface area contributed by atoms with Gasteiger partial charge in [-0.25, -0.2) is 0 Å². The first-order valence-electron chi connectivity index (χ1n) is 7.34. The molecule has 2 aromatic heterocycles. The summed E-state index contributed by atoms with van der Waals surface area (Å²) in [6, 6.07) is 13.6. The molecule has 0 radical (unpaired) electrons. The summed E-state index contributed by atoms with van der Waals surface area (Å²) >= 11 is 0. The van der Waals surface area contributed by atoms with Gasteiger partial charge in [-0.15, -0.1) is 0 Å². The van der Waals surface area contributed by atoms with Gasteiger partial charge in [0, 0.05) is 24.4 Å². The molecule has 2 heterocycles. The van der Waals surface area contributed by atoms with E-state index in [0.717, 1.165) is 27.4 Å². The van der Waals surface area contributed by atoms with Gasteiger partial charge in [0.2, 0.25) is 0 Å². The highest BCUT2D eigenvalue weighted by molar-refractivity contribution is 6.04. The quantitative estimate of drug-likeness (QED) is 0.610. The summed E-state index contributed by atoms with van der Waals surface area (Å²) in [7, 11) is 1.90. The smallest absolute Gasteiger partial charge is 0.272 e. The largest absolute Gasteiger partial charge is 0.347 e. The number of hydrogen-bond donors (Lipinski definition) is 2. The van der Waals surface area contributed by atoms with Crippen molar-refractivity contribution in [1.82, 2.24) is 25.3 Å². The average molecular weight is 305 g/mol. The van der Waals surface area contributed by atoms with Crippen molar-refractivity contribution >= 4 is 27.7 Å². The second-order valence-electron chi connectivity index (χ2n) is 5.46. The standard InChI is InChI=1S/C17H15N5O/c1-22-15-8-11(6-7-12(15)10-19-22)9-18-17(23)16-13-4-2-3-5-14(13)20-21-16/h2-8,10H,9H2,1H3,(H,18,23)(H,20,21). The zero-order chi connectivity index (χ0) is 15.8. The summed E-state index contributed by atoms with van der Waals surface area (Å²) in [5, 5.41) is 16.0. The van der Waals surface area contributed by atoms with Crippen LogP contribution < -0.4 is 5.32 Å². The van der Waals surface area contributed by atoms with Gasteiger partial charge in [-0.2, -0.15) is 10.2 Å². The number of aromatic nitrogens is 4. The number of benzene rings is 2. The first kappa shape index (κ1) is 13.5. The first-order valence-corrected chi connectivity index (χ1v) is 7.34. The number of nitrogens with zero attached hydrogens (tertiary/aromatic N) is 3. The lowest BCUT2D eigenvalue weighted by molar-refractivity contribution is 0.0947. The van der Waals surface area contributed by atoms with E-state index < -0.39 is 0 Å². The molecule has 6 heteroatoms. The molecule has 0 aliphatic carbocycles. The maximum absolute atomic E-state index is 12.4. The highest BCUT2D eigenvalue weighted by Crippen LogP contribution is 2.16. The molecule has 4 aromatic rings. The van der Waals surface area contributed by atoms with E-state index in [1.165, 1.54) is 0 Å². The lowest BCUT2D eigenvalue weighted by atomic mass is 10.1. The molecule has 23 heavy (non-hydrogen) atoms. The second kappa shape index (κ2) is 5.24. The van der Waals surface area contributed by atoms with Crippen LogP contribution in [0.3, 0.4) is 0 Å². The lowest BCUT2D eigenvalue weighted by Crippen LogP contribution is -2.23. The van der Waals surface area contributed by atoms with Crippen LogP contribution in [0.15, 0.2) is 48.7 Å². The number of hydrogen-bond acceptors (Lipinski definition) is 3. The molecule has 4 rings (SSSR count). The van der Waals surface area contributed by atoms with E-state index in [1.54, 1.807) is 0 Å². The molecule has 2 aromatic carbocycles. The highest BCUT2D eigenvalue weighted by Gasteiger charge is 2.13. The lowest BCUT2D eigenvalue weighted by Gasteiger charge is -2.05. The Balaban J connectivity index is 1.55. The molecule has 0 atom stereocenters. The Morgan fingerprint density at radius 2 is 2.13 bits per heavy atom. The summed E-state index contributed by atoms with van der Waals surface area (Å²) in [4.78, 5) is 12.4. The number of aryl methyl sites for hydroxylation is 1. The van der Waals surface area contributed by atoms with Gasteiger partial charge in [0.15, 0.2) is 5.69 Å². The maximum atomic E-state index is 12.4. The van der Waals surface area contributed by atoms with Gasteiger partial charge in [0.25, 0.3) is 5.91 Å². The van der Waals surface area contributed by atoms with Crippen LogP contribution in [0.1, 0.15) is 16.1 Å². The topological polar surface area (TPSA) is 75.6 Å². The number of carbonyl (C=O) groups excluding carboxylic acids is 1. The zero-order valence-corrected chi connectivity index (χ0v) is 12.6. The fraction of sp³-hybridized carbons (Fsp3) is 0.118. The summed E-state index contributed by atoms with van der Waals surface area (Å²) in [5.74, 6) is -0.187. The predicted octanol–water partition coefficient (Wildman–Crippen LogP) is 2.38. The molecule has 0 saturated carbocycles. The minimum absolute atomic E-state index is 0.187. The van der Waals surface area contributed by atoms with Crippen LogP contribution in [0.4, 0.5) is 0 Å². The van der Waals surface area contributed by atoms with Crippen LogP contribution in [0.2, 0.25) is 0 Å². The third-order valence-electron chi connectivity index (χ3n) is 3.95. The third-order valence-corrected chi connectivity index (χ3v) is 3.95. The van der Waals surface area contributed by atoms with Crippen LogP contribution in [0.25, 0.3) is 21.8 Å². The van der Waals surface area contributed by atoms with Crippen molar-refractivity contribution < 1.29 is 4.79 Å². The third kappa shape index (κ3) is 2.34. The van der Waals surface area contributed by atoms with Crippen LogP contribution in [0, 0.1) is 0 Å². The summed E-state index contributed by atoms with van der Waals surface area (Å²) in [6.07, 6.45) is 1.83. The van der Waals surface area contributed by atoms with E-state index in [1.807, 2.05) is 60.4 Å². The number of amides is 1. The van der Waals surface area contributed by atoms with E-state index in [9.17, 15) is 4.79 Å². The first-order chi connectivity index (χ1) is 11.2. The summed E-state index contributed by atoms with van der Waals surface area (Å²) in [6.45, 7) is 0.446. The van der Waals surface area contributed by atoms with Gasteiger partial charge < -0.3 is 5.32 Å². The van der Waals surface area contributed by atoms with Crippen molar-refractivity contribution in [2.75, 3.05) is 0 Å². The van der Waals surface area contributed by atoms with Crippen molar-refractivity contribution in [3.8, 4) is 0 Å². The van der Waals surface area contributed by atoms with E-state index in [-0.39, 0.29) is 5.91 Å². The molecule has 0 aliphatic heterocycles. The fourth-order valence-corrected chi connectivity index (χ4v) is 2.70. The van der Waals surface area contributed by atoms with Crippen LogP contribution >= 0.6 is 0 Å². The summed E-state index contributed by atoms with van der Waals surface area (Å²) in [5.41, 5.74) is 3.34. The zero-order valence-electron chi connectivity index (χ0n) is 12.6. The molecule has 0 saturated heterocycles. The molecule has 0 bridgehead atoms. The fourth-order valence-electron chi connectivity index (χ4n) is 2.70. The second-order valence-corrected chi connectivity index (χ2v) is 5.46. The number of carbonyl (C=O) groups is 1. The van der Waals surface area contributed by atoms with E-state index >= 15 is 0 Å². The molecule has 0 unspecified atom stereocenters. The number of para-hydroxylation sites is 1. The molecule has 0 aliphatic rings. The Labute approximate surface area is 132 Å². The minimum Gasteiger partial charge on any atom is -0.347 e. The molecule has 2 N–H and O–H groups in total. The van der Waals surface area contributed by atoms with Crippen molar-refractivity contribution in [2.45, 2.75) is 6.54 Å². The molecular formula is C17H15N5O. The SMILES string of the molecule is Cn1ncc2ccc(CNC(=O)c3n[nH]c4ccccc34)cc21. The van der Waals surface area contributed by atoms with Crippen LogP contribution in [-0.4, -0.2) is 25.9 Å². The Kier molecular flexibility index (Phi) is 3.08. The molecule has 114 valence electrons. The van der Waals surface area contributed by atoms with E-state index in [4.69, 9.17) is 0 Å². The van der Waals surface area contributed by atoms with E-state index in [0.29, 0.717) is 12.2 Å². The molecule has 6 nitrogen and oxygen atoms in total. The normalized spacial score (nSPS) is 11.2. The van der Waals surface area contributed by atoms with Gasteiger partial charge in [0.05, 0.1) is 17.2 Å². The van der Waals surface area contributed by atoms with Crippen molar-refractivity contribution in [2.24, 2.45) is 7.05 Å². The van der Waals surface area contributed by atoms with Gasteiger partial charge in [0.1, 0.15) is 0 Å². The maximum Gasteiger partial charge on any atom is 0.272 e. The molecule has 1 amide bonds. The monoisotopic (exact) mass is 305 g/mol. The van der Waals surface area contributed by atoms with Gasteiger partial charge in [-0.1, -0.05) is 30.3 Å². The van der Waals surface area contributed by atoms with Crippen molar-refractivity contribution in [1.29, 1.82) is 0 Å². The number of H-pyrrole nitrogens is 1. The Bertz CT molecular complexity index is 1010. The van der Waals surface area contributed by atoms with Crippen molar-refractivity contribution in [3.05, 3.63) is 59.9 Å². The minimum atomic E-state index is -0.187.